The number of nitrogens with two attached hydrogens (primary N) is 1. The first-order valence-electron chi connectivity index (χ1n) is 4.52. The Morgan fingerprint density at radius 3 is 2.71 bits per heavy atom. The number of thiophene rings is 1. The number of carbonyl (C=O) groups is 1. The minimum absolute atomic E-state index is 0.106. The van der Waals surface area contributed by atoms with Gasteiger partial charge in [0.1, 0.15) is 0 Å². The third-order valence-electron chi connectivity index (χ3n) is 2.34. The van der Waals surface area contributed by atoms with Gasteiger partial charge in [-0.25, -0.2) is 0 Å². The van der Waals surface area contributed by atoms with Crippen LogP contribution in [0.4, 0.5) is 0 Å². The number of halogens is 1. The van der Waals surface area contributed by atoms with Crippen molar-refractivity contribution in [2.75, 3.05) is 0 Å². The molecule has 0 aliphatic rings. The monoisotopic (exact) mass is 275 g/mol. The molecule has 0 saturated heterocycles. The first-order valence-corrected chi connectivity index (χ1v) is 6.13. The average molecular weight is 276 g/mol. The van der Waals surface area contributed by atoms with Crippen LogP contribution in [0.25, 0.3) is 0 Å². The average Bonchev–Trinajstić information content (AvgIpc) is 2.51. The molecule has 1 heterocycles. The summed E-state index contributed by atoms with van der Waals surface area (Å²) < 4.78 is 1.05. The summed E-state index contributed by atoms with van der Waals surface area (Å²) in [5, 5.41) is 0. The van der Waals surface area contributed by atoms with E-state index in [0.29, 0.717) is 12.8 Å². The summed E-state index contributed by atoms with van der Waals surface area (Å²) in [6, 6.07) is 3.91. The van der Waals surface area contributed by atoms with Crippen LogP contribution in [0.5, 0.6) is 0 Å². The maximum Gasteiger partial charge on any atom is 0.157 e. The molecule has 0 spiro atoms. The van der Waals surface area contributed by atoms with E-state index in [1.165, 1.54) is 0 Å². The van der Waals surface area contributed by atoms with Crippen molar-refractivity contribution in [1.82, 2.24) is 0 Å². The maximum absolute atomic E-state index is 11.7. The molecule has 14 heavy (non-hydrogen) atoms. The lowest BCUT2D eigenvalue weighted by atomic mass is 9.92. The molecule has 4 heteroatoms. The van der Waals surface area contributed by atoms with Gasteiger partial charge in [0.15, 0.2) is 5.78 Å². The number of carbonyl (C=O) groups excluding carboxylic acids is 1. The Hall–Kier alpha value is -0.190. The van der Waals surface area contributed by atoms with E-state index in [1.807, 2.05) is 19.1 Å². The van der Waals surface area contributed by atoms with E-state index < -0.39 is 5.54 Å². The Balaban J connectivity index is 2.66. The van der Waals surface area contributed by atoms with Crippen molar-refractivity contribution >= 4 is 33.0 Å². The van der Waals surface area contributed by atoms with Crippen molar-refractivity contribution in [3.63, 3.8) is 0 Å². The molecule has 1 rings (SSSR count). The molecular formula is C10H14BrNOS. The van der Waals surface area contributed by atoms with Gasteiger partial charge in [0.2, 0.25) is 0 Å². The molecule has 0 aliphatic carbocycles. The van der Waals surface area contributed by atoms with Gasteiger partial charge in [-0.3, -0.25) is 4.79 Å². The molecule has 0 aliphatic heterocycles. The van der Waals surface area contributed by atoms with E-state index >= 15 is 0 Å². The second kappa shape index (κ2) is 4.55. The van der Waals surface area contributed by atoms with Crippen molar-refractivity contribution in [3.05, 3.63) is 20.8 Å². The zero-order chi connectivity index (χ0) is 10.8. The number of Topliss-reactive ketones (excluding diaryl/α,β-unsaturated/α-hetero) is 1. The third kappa shape index (κ3) is 2.90. The highest BCUT2D eigenvalue weighted by Crippen LogP contribution is 2.23. The molecule has 0 aromatic carbocycles. The lowest BCUT2D eigenvalue weighted by Crippen LogP contribution is -2.44. The molecule has 1 aromatic rings. The number of ketones is 1. The number of hydrogen-bond donors (Lipinski definition) is 1. The largest absolute Gasteiger partial charge is 0.319 e. The third-order valence-corrected chi connectivity index (χ3v) is 3.96. The molecule has 78 valence electrons. The lowest BCUT2D eigenvalue weighted by molar-refractivity contribution is -0.123. The van der Waals surface area contributed by atoms with Crippen LogP contribution in [0.3, 0.4) is 0 Å². The van der Waals surface area contributed by atoms with Gasteiger partial charge in [-0.1, -0.05) is 6.92 Å². The summed E-state index contributed by atoms with van der Waals surface area (Å²) in [4.78, 5) is 12.8. The predicted octanol–water partition coefficient (Wildman–Crippen LogP) is 2.75. The van der Waals surface area contributed by atoms with Gasteiger partial charge in [-0.05, 0) is 41.4 Å². The topological polar surface area (TPSA) is 43.1 Å². The van der Waals surface area contributed by atoms with Crippen molar-refractivity contribution < 1.29 is 4.79 Å². The smallest absolute Gasteiger partial charge is 0.157 e. The van der Waals surface area contributed by atoms with Gasteiger partial charge in [0, 0.05) is 11.3 Å². The van der Waals surface area contributed by atoms with E-state index in [1.54, 1.807) is 18.3 Å². The SMILES string of the molecule is CCC(C)(N)C(=O)Cc1ccc(Br)s1. The summed E-state index contributed by atoms with van der Waals surface area (Å²) in [6.07, 6.45) is 1.12. The van der Waals surface area contributed by atoms with E-state index in [-0.39, 0.29) is 5.78 Å². The maximum atomic E-state index is 11.7. The molecule has 0 bridgehead atoms. The van der Waals surface area contributed by atoms with Crippen LogP contribution in [0.2, 0.25) is 0 Å². The van der Waals surface area contributed by atoms with Gasteiger partial charge in [0.05, 0.1) is 9.33 Å². The van der Waals surface area contributed by atoms with Crippen LogP contribution < -0.4 is 5.73 Å². The highest BCUT2D eigenvalue weighted by Gasteiger charge is 2.25. The van der Waals surface area contributed by atoms with Gasteiger partial charge in [-0.15, -0.1) is 11.3 Å². The van der Waals surface area contributed by atoms with Gasteiger partial charge < -0.3 is 5.73 Å². The van der Waals surface area contributed by atoms with Crippen LogP contribution in [0, 0.1) is 0 Å². The predicted molar refractivity (Wildman–Crippen MR) is 63.6 cm³/mol. The lowest BCUT2D eigenvalue weighted by Gasteiger charge is -2.20. The Bertz CT molecular complexity index is 333. The van der Waals surface area contributed by atoms with Gasteiger partial charge in [-0.2, -0.15) is 0 Å². The summed E-state index contributed by atoms with van der Waals surface area (Å²) in [7, 11) is 0. The molecule has 2 nitrogen and oxygen atoms in total. The zero-order valence-electron chi connectivity index (χ0n) is 8.34. The van der Waals surface area contributed by atoms with Crippen LogP contribution in [0.1, 0.15) is 25.1 Å². The Labute approximate surface area is 96.6 Å². The van der Waals surface area contributed by atoms with Crippen molar-refractivity contribution in [2.24, 2.45) is 5.73 Å². The van der Waals surface area contributed by atoms with Crippen molar-refractivity contribution in [1.29, 1.82) is 0 Å². The van der Waals surface area contributed by atoms with Crippen LogP contribution in [-0.2, 0) is 11.2 Å². The first kappa shape index (κ1) is 11.9. The molecule has 1 atom stereocenters. The zero-order valence-corrected chi connectivity index (χ0v) is 10.7. The summed E-state index contributed by atoms with van der Waals surface area (Å²) in [5.74, 6) is 0.106. The second-order valence-corrected chi connectivity index (χ2v) is 6.12. The van der Waals surface area contributed by atoms with E-state index in [4.69, 9.17) is 5.73 Å². The standard InChI is InChI=1S/C10H14BrNOS/c1-3-10(2,12)8(13)6-7-4-5-9(11)14-7/h4-5H,3,6,12H2,1-2H3. The number of rotatable bonds is 4. The quantitative estimate of drug-likeness (QED) is 0.918. The Morgan fingerprint density at radius 2 is 2.29 bits per heavy atom. The molecule has 0 saturated carbocycles. The molecule has 2 N–H and O–H groups in total. The van der Waals surface area contributed by atoms with Crippen LogP contribution >= 0.6 is 27.3 Å². The minimum Gasteiger partial charge on any atom is -0.319 e. The minimum atomic E-state index is -0.684. The van der Waals surface area contributed by atoms with E-state index in [0.717, 1.165) is 8.66 Å². The van der Waals surface area contributed by atoms with Crippen molar-refractivity contribution in [3.8, 4) is 0 Å². The Kier molecular flexibility index (Phi) is 3.86. The molecule has 1 unspecified atom stereocenters. The summed E-state index contributed by atoms with van der Waals surface area (Å²) >= 11 is 4.95. The fraction of sp³-hybridized carbons (Fsp3) is 0.500. The number of hydrogen-bond acceptors (Lipinski definition) is 3. The fourth-order valence-corrected chi connectivity index (χ4v) is 2.49. The first-order chi connectivity index (χ1) is 6.45. The van der Waals surface area contributed by atoms with Crippen LogP contribution in [0.15, 0.2) is 15.9 Å². The van der Waals surface area contributed by atoms with Crippen molar-refractivity contribution in [2.45, 2.75) is 32.2 Å². The Morgan fingerprint density at radius 1 is 1.64 bits per heavy atom. The highest BCUT2D eigenvalue weighted by molar-refractivity contribution is 9.11. The van der Waals surface area contributed by atoms with Gasteiger partial charge in [0.25, 0.3) is 0 Å². The molecule has 0 fully saturated rings. The molecule has 0 amide bonds. The fourth-order valence-electron chi connectivity index (χ4n) is 1.00. The normalized spacial score (nSPS) is 15.1. The van der Waals surface area contributed by atoms with Gasteiger partial charge >= 0.3 is 0 Å². The van der Waals surface area contributed by atoms with Crippen LogP contribution in [-0.4, -0.2) is 11.3 Å². The highest BCUT2D eigenvalue weighted by atomic mass is 79.9. The summed E-state index contributed by atoms with van der Waals surface area (Å²) in [6.45, 7) is 3.72. The second-order valence-electron chi connectivity index (χ2n) is 3.58. The molecule has 0 radical (unpaired) electrons. The van der Waals surface area contributed by atoms with E-state index in [2.05, 4.69) is 15.9 Å². The summed E-state index contributed by atoms with van der Waals surface area (Å²) in [5.41, 5.74) is 5.17. The molecule has 1 aromatic heterocycles. The molecular weight excluding hydrogens is 262 g/mol. The van der Waals surface area contributed by atoms with E-state index in [9.17, 15) is 4.79 Å².